The first-order chi connectivity index (χ1) is 7.19. The maximum Gasteiger partial charge on any atom is 0.310 e. The number of carbonyl (C=O) groups excluding carboxylic acids is 1. The van der Waals surface area contributed by atoms with Gasteiger partial charge in [-0.1, -0.05) is 18.3 Å². The second kappa shape index (κ2) is 3.86. The molecular formula is C10H9NO3S. The highest BCUT2D eigenvalue weighted by atomic mass is 32.1. The molecule has 2 rings (SSSR count). The molecule has 0 radical (unpaired) electrons. The van der Waals surface area contributed by atoms with E-state index in [0.29, 0.717) is 17.7 Å². The van der Waals surface area contributed by atoms with Gasteiger partial charge in [0, 0.05) is 12.5 Å². The Morgan fingerprint density at radius 1 is 1.53 bits per heavy atom. The van der Waals surface area contributed by atoms with Crippen molar-refractivity contribution in [3.63, 3.8) is 0 Å². The molecule has 0 spiro atoms. The zero-order valence-electron chi connectivity index (χ0n) is 8.07. The van der Waals surface area contributed by atoms with Crippen molar-refractivity contribution < 1.29 is 9.53 Å². The van der Waals surface area contributed by atoms with Gasteiger partial charge in [0.25, 0.3) is 0 Å². The third kappa shape index (κ3) is 2.07. The van der Waals surface area contributed by atoms with Gasteiger partial charge in [-0.15, -0.1) is 0 Å². The fourth-order valence-electron chi connectivity index (χ4n) is 1.20. The van der Waals surface area contributed by atoms with Crippen LogP contribution in [0.1, 0.15) is 13.3 Å². The molecule has 5 heteroatoms. The predicted molar refractivity (Wildman–Crippen MR) is 58.4 cm³/mol. The van der Waals surface area contributed by atoms with Crippen molar-refractivity contribution in [1.29, 1.82) is 0 Å². The third-order valence-corrected chi connectivity index (χ3v) is 2.77. The SMILES string of the molecule is CCC(=O)Oc1ccc2sc(=O)[nH]c2c1. The highest BCUT2D eigenvalue weighted by Crippen LogP contribution is 2.20. The Bertz CT molecular complexity index is 555. The van der Waals surface area contributed by atoms with Crippen LogP contribution in [0, 0.1) is 0 Å². The Morgan fingerprint density at radius 2 is 2.33 bits per heavy atom. The lowest BCUT2D eigenvalue weighted by Gasteiger charge is -2.01. The number of esters is 1. The van der Waals surface area contributed by atoms with Crippen LogP contribution < -0.4 is 9.61 Å². The van der Waals surface area contributed by atoms with E-state index >= 15 is 0 Å². The normalized spacial score (nSPS) is 10.5. The summed E-state index contributed by atoms with van der Waals surface area (Å²) in [5, 5.41) is 0. The van der Waals surface area contributed by atoms with Crippen LogP contribution in [0.5, 0.6) is 5.75 Å². The quantitative estimate of drug-likeness (QED) is 0.625. The summed E-state index contributed by atoms with van der Waals surface area (Å²) in [5.41, 5.74) is 0.700. The van der Waals surface area contributed by atoms with E-state index in [0.717, 1.165) is 16.0 Å². The zero-order valence-corrected chi connectivity index (χ0v) is 8.89. The fraction of sp³-hybridized carbons (Fsp3) is 0.200. The number of fused-ring (bicyclic) bond motifs is 1. The molecule has 0 aliphatic carbocycles. The summed E-state index contributed by atoms with van der Waals surface area (Å²) in [7, 11) is 0. The van der Waals surface area contributed by atoms with Gasteiger partial charge in [-0.3, -0.25) is 9.59 Å². The van der Waals surface area contributed by atoms with Crippen LogP contribution in [-0.4, -0.2) is 11.0 Å². The minimum atomic E-state index is -0.285. The molecule has 0 aliphatic rings. The van der Waals surface area contributed by atoms with E-state index in [9.17, 15) is 9.59 Å². The predicted octanol–water partition coefficient (Wildman–Crippen LogP) is 1.90. The monoisotopic (exact) mass is 223 g/mol. The topological polar surface area (TPSA) is 59.2 Å². The number of benzene rings is 1. The molecule has 1 heterocycles. The second-order valence-corrected chi connectivity index (χ2v) is 4.01. The number of aromatic nitrogens is 1. The van der Waals surface area contributed by atoms with Crippen molar-refractivity contribution in [2.75, 3.05) is 0 Å². The van der Waals surface area contributed by atoms with Crippen LogP contribution >= 0.6 is 11.3 Å². The summed E-state index contributed by atoms with van der Waals surface area (Å²) >= 11 is 1.13. The van der Waals surface area contributed by atoms with Crippen molar-refractivity contribution >= 4 is 27.5 Å². The molecule has 1 aromatic carbocycles. The van der Waals surface area contributed by atoms with Gasteiger partial charge < -0.3 is 9.72 Å². The first-order valence-electron chi connectivity index (χ1n) is 4.52. The van der Waals surface area contributed by atoms with Gasteiger partial charge in [-0.25, -0.2) is 0 Å². The number of nitrogens with one attached hydrogen (secondary N) is 1. The molecule has 15 heavy (non-hydrogen) atoms. The average Bonchev–Trinajstić information content (AvgIpc) is 2.57. The number of thiazole rings is 1. The minimum absolute atomic E-state index is 0.107. The lowest BCUT2D eigenvalue weighted by Crippen LogP contribution is -2.05. The van der Waals surface area contributed by atoms with E-state index in [1.165, 1.54) is 0 Å². The number of rotatable bonds is 2. The van der Waals surface area contributed by atoms with Crippen LogP contribution in [0.3, 0.4) is 0 Å². The minimum Gasteiger partial charge on any atom is -0.426 e. The summed E-state index contributed by atoms with van der Waals surface area (Å²) in [5.74, 6) is 0.176. The maximum absolute atomic E-state index is 11.0. The molecular weight excluding hydrogens is 214 g/mol. The van der Waals surface area contributed by atoms with Crippen molar-refractivity contribution in [2.45, 2.75) is 13.3 Å². The van der Waals surface area contributed by atoms with E-state index in [-0.39, 0.29) is 10.8 Å². The second-order valence-electron chi connectivity index (χ2n) is 3.00. The van der Waals surface area contributed by atoms with E-state index in [4.69, 9.17) is 4.74 Å². The van der Waals surface area contributed by atoms with Crippen molar-refractivity contribution in [1.82, 2.24) is 4.98 Å². The molecule has 0 saturated carbocycles. The number of H-pyrrole nitrogens is 1. The Morgan fingerprint density at radius 3 is 3.07 bits per heavy atom. The van der Waals surface area contributed by atoms with Gasteiger partial charge in [0.05, 0.1) is 10.2 Å². The Hall–Kier alpha value is -1.62. The van der Waals surface area contributed by atoms with Gasteiger partial charge >= 0.3 is 10.8 Å². The van der Waals surface area contributed by atoms with Gasteiger partial charge in [-0.05, 0) is 12.1 Å². The summed E-state index contributed by atoms with van der Waals surface area (Å²) in [6.07, 6.45) is 0.332. The van der Waals surface area contributed by atoms with Crippen LogP contribution in [-0.2, 0) is 4.79 Å². The van der Waals surface area contributed by atoms with E-state index in [1.54, 1.807) is 25.1 Å². The molecule has 0 aliphatic heterocycles. The summed E-state index contributed by atoms with van der Waals surface area (Å²) in [4.78, 5) is 24.6. The Labute approximate surface area is 89.5 Å². The molecule has 2 aromatic rings. The van der Waals surface area contributed by atoms with Crippen molar-refractivity contribution in [3.05, 3.63) is 27.9 Å². The fourth-order valence-corrected chi connectivity index (χ4v) is 1.91. The molecule has 0 bridgehead atoms. The first-order valence-corrected chi connectivity index (χ1v) is 5.34. The Kier molecular flexibility index (Phi) is 2.55. The molecule has 0 fully saturated rings. The Balaban J connectivity index is 2.38. The zero-order chi connectivity index (χ0) is 10.8. The lowest BCUT2D eigenvalue weighted by atomic mass is 10.3. The lowest BCUT2D eigenvalue weighted by molar-refractivity contribution is -0.134. The molecule has 4 nitrogen and oxygen atoms in total. The van der Waals surface area contributed by atoms with Crippen LogP contribution in [0.2, 0.25) is 0 Å². The number of carbonyl (C=O) groups is 1. The number of hydrogen-bond donors (Lipinski definition) is 1. The largest absolute Gasteiger partial charge is 0.426 e. The van der Waals surface area contributed by atoms with Crippen LogP contribution in [0.15, 0.2) is 23.0 Å². The molecule has 0 amide bonds. The highest BCUT2D eigenvalue weighted by Gasteiger charge is 2.04. The molecule has 0 saturated heterocycles. The van der Waals surface area contributed by atoms with Gasteiger partial charge in [0.1, 0.15) is 5.75 Å². The smallest absolute Gasteiger partial charge is 0.310 e. The average molecular weight is 223 g/mol. The highest BCUT2D eigenvalue weighted by molar-refractivity contribution is 7.16. The number of aromatic amines is 1. The van der Waals surface area contributed by atoms with Gasteiger partial charge in [0.2, 0.25) is 0 Å². The van der Waals surface area contributed by atoms with Crippen LogP contribution in [0.4, 0.5) is 0 Å². The van der Waals surface area contributed by atoms with Gasteiger partial charge in [-0.2, -0.15) is 0 Å². The summed E-state index contributed by atoms with van der Waals surface area (Å²) in [6.45, 7) is 1.73. The molecule has 0 unspecified atom stereocenters. The van der Waals surface area contributed by atoms with E-state index in [1.807, 2.05) is 0 Å². The van der Waals surface area contributed by atoms with Crippen LogP contribution in [0.25, 0.3) is 10.2 Å². The molecule has 0 atom stereocenters. The van der Waals surface area contributed by atoms with Crippen molar-refractivity contribution in [3.8, 4) is 5.75 Å². The molecule has 1 aromatic heterocycles. The first kappa shape index (κ1) is 9.92. The summed E-state index contributed by atoms with van der Waals surface area (Å²) < 4.78 is 5.88. The maximum atomic E-state index is 11.0. The van der Waals surface area contributed by atoms with Gasteiger partial charge in [0.15, 0.2) is 0 Å². The third-order valence-electron chi connectivity index (χ3n) is 1.91. The molecule has 1 N–H and O–H groups in total. The van der Waals surface area contributed by atoms with E-state index < -0.39 is 0 Å². The summed E-state index contributed by atoms with van der Waals surface area (Å²) in [6, 6.07) is 5.09. The standard InChI is InChI=1S/C10H9NO3S/c1-2-9(12)14-6-3-4-8-7(5-6)11-10(13)15-8/h3-5H,2H2,1H3,(H,11,13). The van der Waals surface area contributed by atoms with E-state index in [2.05, 4.69) is 4.98 Å². The number of hydrogen-bond acceptors (Lipinski definition) is 4. The number of ether oxygens (including phenoxy) is 1. The molecule has 78 valence electrons. The van der Waals surface area contributed by atoms with Crippen molar-refractivity contribution in [2.24, 2.45) is 0 Å².